The van der Waals surface area contributed by atoms with Gasteiger partial charge >= 0.3 is 0 Å². The van der Waals surface area contributed by atoms with Gasteiger partial charge in [0.2, 0.25) is 0 Å². The summed E-state index contributed by atoms with van der Waals surface area (Å²) in [6, 6.07) is 0.830. The molecular formula is C19H38N4. The number of likely N-dealkylation sites (tertiary alicyclic amines) is 2. The normalized spacial score (nSPS) is 27.9. The monoisotopic (exact) mass is 322 g/mol. The Labute approximate surface area is 143 Å². The van der Waals surface area contributed by atoms with Crippen molar-refractivity contribution in [3.8, 4) is 0 Å². The Hall–Kier alpha value is -0.160. The van der Waals surface area contributed by atoms with Crippen LogP contribution in [0.2, 0.25) is 0 Å². The highest BCUT2D eigenvalue weighted by Crippen LogP contribution is 2.28. The number of nitrogens with zero attached hydrogens (tertiary/aromatic N) is 4. The van der Waals surface area contributed by atoms with Crippen molar-refractivity contribution in [2.75, 3.05) is 58.9 Å². The largest absolute Gasteiger partial charge is 0.300 e. The van der Waals surface area contributed by atoms with Crippen molar-refractivity contribution in [3.63, 3.8) is 0 Å². The van der Waals surface area contributed by atoms with Crippen LogP contribution in [0.15, 0.2) is 0 Å². The predicted molar refractivity (Wildman–Crippen MR) is 97.9 cm³/mol. The Balaban J connectivity index is 1.32. The van der Waals surface area contributed by atoms with Crippen LogP contribution in [0, 0.1) is 5.92 Å². The van der Waals surface area contributed by atoms with E-state index in [1.54, 1.807) is 0 Å². The summed E-state index contributed by atoms with van der Waals surface area (Å²) in [4.78, 5) is 10.7. The third-order valence-corrected chi connectivity index (χ3v) is 6.14. The SMILES string of the molecule is CC(C)(C)N1CCN(C2CN(CC3CN(C(C)(C)C)C3)C2)CC1. The van der Waals surface area contributed by atoms with Crippen LogP contribution in [0.4, 0.5) is 0 Å². The predicted octanol–water partition coefficient (Wildman–Crippen LogP) is 1.82. The van der Waals surface area contributed by atoms with E-state index in [0.29, 0.717) is 11.1 Å². The minimum Gasteiger partial charge on any atom is -0.300 e. The van der Waals surface area contributed by atoms with Gasteiger partial charge in [-0.15, -0.1) is 0 Å². The van der Waals surface area contributed by atoms with Gasteiger partial charge in [-0.05, 0) is 47.5 Å². The Morgan fingerprint density at radius 1 is 0.696 bits per heavy atom. The molecule has 134 valence electrons. The molecule has 3 fully saturated rings. The van der Waals surface area contributed by atoms with Gasteiger partial charge in [-0.3, -0.25) is 19.6 Å². The first-order valence-electron chi connectivity index (χ1n) is 9.59. The van der Waals surface area contributed by atoms with E-state index in [1.165, 1.54) is 58.9 Å². The topological polar surface area (TPSA) is 13.0 Å². The quantitative estimate of drug-likeness (QED) is 0.786. The molecule has 0 bridgehead atoms. The molecule has 3 saturated heterocycles. The zero-order valence-electron chi connectivity index (χ0n) is 16.3. The fraction of sp³-hybridized carbons (Fsp3) is 1.00. The molecule has 0 aromatic rings. The third-order valence-electron chi connectivity index (χ3n) is 6.14. The van der Waals surface area contributed by atoms with E-state index in [2.05, 4.69) is 61.1 Å². The van der Waals surface area contributed by atoms with E-state index in [0.717, 1.165) is 12.0 Å². The molecule has 3 aliphatic rings. The molecule has 0 spiro atoms. The van der Waals surface area contributed by atoms with Crippen molar-refractivity contribution in [2.45, 2.75) is 58.7 Å². The molecule has 3 rings (SSSR count). The zero-order valence-corrected chi connectivity index (χ0v) is 16.3. The minimum absolute atomic E-state index is 0.334. The summed E-state index contributed by atoms with van der Waals surface area (Å²) in [6.45, 7) is 25.6. The molecule has 0 aromatic heterocycles. The van der Waals surface area contributed by atoms with Gasteiger partial charge in [0.25, 0.3) is 0 Å². The zero-order chi connectivity index (χ0) is 16.8. The van der Waals surface area contributed by atoms with Crippen LogP contribution >= 0.6 is 0 Å². The van der Waals surface area contributed by atoms with Crippen molar-refractivity contribution in [1.82, 2.24) is 19.6 Å². The average molecular weight is 323 g/mol. The van der Waals surface area contributed by atoms with Gasteiger partial charge in [0, 0.05) is 76.0 Å². The summed E-state index contributed by atoms with van der Waals surface area (Å²) < 4.78 is 0. The van der Waals surface area contributed by atoms with Crippen molar-refractivity contribution in [1.29, 1.82) is 0 Å². The number of hydrogen-bond donors (Lipinski definition) is 0. The van der Waals surface area contributed by atoms with Gasteiger partial charge in [-0.1, -0.05) is 0 Å². The van der Waals surface area contributed by atoms with Gasteiger partial charge in [0.05, 0.1) is 0 Å². The molecular weight excluding hydrogens is 284 g/mol. The number of rotatable bonds is 3. The third kappa shape index (κ3) is 4.09. The lowest BCUT2D eigenvalue weighted by Gasteiger charge is -2.53. The van der Waals surface area contributed by atoms with Gasteiger partial charge in [0.1, 0.15) is 0 Å². The van der Waals surface area contributed by atoms with Crippen molar-refractivity contribution in [2.24, 2.45) is 5.92 Å². The molecule has 3 aliphatic heterocycles. The van der Waals surface area contributed by atoms with Crippen LogP contribution < -0.4 is 0 Å². The van der Waals surface area contributed by atoms with Gasteiger partial charge < -0.3 is 0 Å². The van der Waals surface area contributed by atoms with E-state index in [4.69, 9.17) is 0 Å². The molecule has 0 aromatic carbocycles. The maximum Gasteiger partial charge on any atom is 0.0351 e. The Morgan fingerprint density at radius 2 is 1.22 bits per heavy atom. The first-order valence-corrected chi connectivity index (χ1v) is 9.59. The van der Waals surface area contributed by atoms with Crippen molar-refractivity contribution in [3.05, 3.63) is 0 Å². The smallest absolute Gasteiger partial charge is 0.0351 e. The molecule has 0 amide bonds. The highest BCUT2D eigenvalue weighted by Gasteiger charge is 2.39. The van der Waals surface area contributed by atoms with Gasteiger partial charge in [-0.25, -0.2) is 0 Å². The summed E-state index contributed by atoms with van der Waals surface area (Å²) in [5.41, 5.74) is 0.696. The second-order valence-electron chi connectivity index (χ2n) is 10.0. The van der Waals surface area contributed by atoms with E-state index < -0.39 is 0 Å². The molecule has 0 unspecified atom stereocenters. The van der Waals surface area contributed by atoms with Crippen LogP contribution in [-0.4, -0.2) is 95.6 Å². The summed E-state index contributed by atoms with van der Waals surface area (Å²) in [5, 5.41) is 0. The van der Waals surface area contributed by atoms with Crippen molar-refractivity contribution < 1.29 is 0 Å². The van der Waals surface area contributed by atoms with E-state index in [-0.39, 0.29) is 0 Å². The maximum atomic E-state index is 2.74. The van der Waals surface area contributed by atoms with Gasteiger partial charge in [-0.2, -0.15) is 0 Å². The Morgan fingerprint density at radius 3 is 1.70 bits per heavy atom. The minimum atomic E-state index is 0.334. The Bertz CT molecular complexity index is 389. The lowest BCUT2D eigenvalue weighted by atomic mass is 9.91. The molecule has 4 nitrogen and oxygen atoms in total. The van der Waals surface area contributed by atoms with Crippen LogP contribution in [0.25, 0.3) is 0 Å². The highest BCUT2D eigenvalue weighted by molar-refractivity contribution is 4.95. The number of piperazine rings is 1. The first-order chi connectivity index (χ1) is 10.6. The second-order valence-corrected chi connectivity index (χ2v) is 10.0. The molecule has 0 atom stereocenters. The molecule has 0 aliphatic carbocycles. The summed E-state index contributed by atoms with van der Waals surface area (Å²) in [5.74, 6) is 0.910. The first kappa shape index (κ1) is 17.7. The summed E-state index contributed by atoms with van der Waals surface area (Å²) >= 11 is 0. The standard InChI is InChI=1S/C19H38N4/c1-18(2,3)22-9-7-21(8-10-22)17-14-20(15-17)11-16-12-23(13-16)19(4,5)6/h16-17H,7-15H2,1-6H3. The van der Waals surface area contributed by atoms with Crippen LogP contribution in [0.5, 0.6) is 0 Å². The molecule has 4 heteroatoms. The number of hydrogen-bond acceptors (Lipinski definition) is 4. The van der Waals surface area contributed by atoms with Crippen LogP contribution in [0.1, 0.15) is 41.5 Å². The molecule has 0 saturated carbocycles. The van der Waals surface area contributed by atoms with E-state index in [1.807, 2.05) is 0 Å². The molecule has 0 radical (unpaired) electrons. The highest BCUT2D eigenvalue weighted by atomic mass is 15.4. The summed E-state index contributed by atoms with van der Waals surface area (Å²) in [6.07, 6.45) is 0. The Kier molecular flexibility index (Phi) is 4.83. The van der Waals surface area contributed by atoms with Gasteiger partial charge in [0.15, 0.2) is 0 Å². The van der Waals surface area contributed by atoms with E-state index in [9.17, 15) is 0 Å². The van der Waals surface area contributed by atoms with Crippen molar-refractivity contribution >= 4 is 0 Å². The lowest BCUT2D eigenvalue weighted by molar-refractivity contribution is -0.0466. The lowest BCUT2D eigenvalue weighted by Crippen LogP contribution is -2.66. The van der Waals surface area contributed by atoms with Crippen LogP contribution in [0.3, 0.4) is 0 Å². The maximum absolute atomic E-state index is 2.74. The fourth-order valence-electron chi connectivity index (χ4n) is 4.28. The van der Waals surface area contributed by atoms with E-state index >= 15 is 0 Å². The fourth-order valence-corrected chi connectivity index (χ4v) is 4.28. The molecule has 0 N–H and O–H groups in total. The molecule has 23 heavy (non-hydrogen) atoms. The summed E-state index contributed by atoms with van der Waals surface area (Å²) in [7, 11) is 0. The second kappa shape index (κ2) is 6.29. The molecule has 3 heterocycles. The average Bonchev–Trinajstić information content (AvgIpc) is 2.32. The van der Waals surface area contributed by atoms with Crippen LogP contribution in [-0.2, 0) is 0 Å².